The number of nitro groups is 1. The van der Waals surface area contributed by atoms with Crippen molar-refractivity contribution in [3.63, 3.8) is 0 Å². The van der Waals surface area contributed by atoms with E-state index in [1.165, 1.54) is 13.2 Å². The highest BCUT2D eigenvalue weighted by Gasteiger charge is 2.31. The molecule has 0 saturated carbocycles. The minimum Gasteiger partial charge on any atom is -0.465 e. The maximum Gasteiger partial charge on any atom is 0.338 e. The Labute approximate surface area is 122 Å². The summed E-state index contributed by atoms with van der Waals surface area (Å²) in [7, 11) is 2.30. The number of ether oxygens (including phenoxy) is 2. The number of esters is 2. The highest BCUT2D eigenvalue weighted by molar-refractivity contribution is 6.04. The first-order valence-corrected chi connectivity index (χ1v) is 6.13. The summed E-state index contributed by atoms with van der Waals surface area (Å²) in [6.07, 6.45) is 0. The van der Waals surface area contributed by atoms with Crippen molar-refractivity contribution in [2.24, 2.45) is 0 Å². The molecule has 0 aliphatic carbocycles. The molecule has 0 bridgehead atoms. The summed E-state index contributed by atoms with van der Waals surface area (Å²) in [6, 6.07) is 2.37. The molecular formula is C14H17NO6. The van der Waals surface area contributed by atoms with Crippen LogP contribution in [-0.2, 0) is 14.9 Å². The van der Waals surface area contributed by atoms with Crippen LogP contribution in [0.15, 0.2) is 12.1 Å². The lowest BCUT2D eigenvalue weighted by atomic mass is 9.83. The number of rotatable bonds is 3. The number of hydrogen-bond acceptors (Lipinski definition) is 6. The van der Waals surface area contributed by atoms with Gasteiger partial charge in [-0.25, -0.2) is 9.59 Å². The SMILES string of the molecule is COC(=O)c1cc([N+](=O)[O-])c(C(C)(C)C)cc1C(=O)OC. The molecule has 0 unspecified atom stereocenters. The molecule has 7 nitrogen and oxygen atoms in total. The quantitative estimate of drug-likeness (QED) is 0.483. The molecule has 0 atom stereocenters. The fraction of sp³-hybridized carbons (Fsp3) is 0.429. The van der Waals surface area contributed by atoms with Crippen molar-refractivity contribution in [1.82, 2.24) is 0 Å². The first-order valence-electron chi connectivity index (χ1n) is 6.13. The highest BCUT2D eigenvalue weighted by atomic mass is 16.6. The fourth-order valence-electron chi connectivity index (χ4n) is 1.90. The van der Waals surface area contributed by atoms with Crippen molar-refractivity contribution in [3.05, 3.63) is 38.9 Å². The van der Waals surface area contributed by atoms with Crippen LogP contribution in [0.5, 0.6) is 0 Å². The van der Waals surface area contributed by atoms with Crippen LogP contribution in [0.1, 0.15) is 47.1 Å². The number of carbonyl (C=O) groups is 2. The Morgan fingerprint density at radius 3 is 1.81 bits per heavy atom. The van der Waals surface area contributed by atoms with Crippen LogP contribution in [0.3, 0.4) is 0 Å². The Hall–Kier alpha value is -2.44. The molecule has 0 fully saturated rings. The van der Waals surface area contributed by atoms with E-state index in [0.29, 0.717) is 5.56 Å². The van der Waals surface area contributed by atoms with Gasteiger partial charge in [0.2, 0.25) is 0 Å². The van der Waals surface area contributed by atoms with Gasteiger partial charge in [0, 0.05) is 11.6 Å². The van der Waals surface area contributed by atoms with Crippen molar-refractivity contribution in [2.45, 2.75) is 26.2 Å². The highest BCUT2D eigenvalue weighted by Crippen LogP contribution is 2.34. The van der Waals surface area contributed by atoms with Crippen molar-refractivity contribution < 1.29 is 24.0 Å². The van der Waals surface area contributed by atoms with Crippen molar-refractivity contribution >= 4 is 17.6 Å². The Bertz CT molecular complexity index is 600. The van der Waals surface area contributed by atoms with Gasteiger partial charge in [0.05, 0.1) is 30.3 Å². The van der Waals surface area contributed by atoms with Gasteiger partial charge in [-0.05, 0) is 11.5 Å². The summed E-state index contributed by atoms with van der Waals surface area (Å²) in [5, 5.41) is 11.2. The van der Waals surface area contributed by atoms with Crippen LogP contribution in [0.2, 0.25) is 0 Å². The molecule has 0 aromatic heterocycles. The smallest absolute Gasteiger partial charge is 0.338 e. The van der Waals surface area contributed by atoms with Crippen molar-refractivity contribution in [3.8, 4) is 0 Å². The molecule has 0 spiro atoms. The summed E-state index contributed by atoms with van der Waals surface area (Å²) < 4.78 is 9.19. The summed E-state index contributed by atoms with van der Waals surface area (Å²) in [5.41, 5.74) is -0.736. The zero-order valence-electron chi connectivity index (χ0n) is 12.6. The number of nitrogens with zero attached hydrogens (tertiary/aromatic N) is 1. The van der Waals surface area contributed by atoms with E-state index in [0.717, 1.165) is 13.2 Å². The standard InChI is InChI=1S/C14H17NO6/c1-14(2,3)10-6-8(12(16)20-4)9(13(17)21-5)7-11(10)15(18)19/h6-7H,1-5H3. The molecule has 0 N–H and O–H groups in total. The minimum atomic E-state index is -0.834. The number of methoxy groups -OCH3 is 2. The van der Waals surface area contributed by atoms with Gasteiger partial charge in [-0.3, -0.25) is 10.1 Å². The fourth-order valence-corrected chi connectivity index (χ4v) is 1.90. The molecule has 1 aromatic carbocycles. The summed E-state index contributed by atoms with van der Waals surface area (Å²) in [6.45, 7) is 5.32. The first kappa shape index (κ1) is 16.6. The summed E-state index contributed by atoms with van der Waals surface area (Å²) >= 11 is 0. The molecule has 0 radical (unpaired) electrons. The lowest BCUT2D eigenvalue weighted by molar-refractivity contribution is -0.386. The molecular weight excluding hydrogens is 278 g/mol. The van der Waals surface area contributed by atoms with Gasteiger partial charge in [0.25, 0.3) is 5.69 Å². The summed E-state index contributed by atoms with van der Waals surface area (Å²) in [4.78, 5) is 34.2. The van der Waals surface area contributed by atoms with E-state index in [-0.39, 0.29) is 16.8 Å². The van der Waals surface area contributed by atoms with E-state index in [9.17, 15) is 19.7 Å². The number of carbonyl (C=O) groups excluding carboxylic acids is 2. The van der Waals surface area contributed by atoms with Gasteiger partial charge in [0.15, 0.2) is 0 Å². The van der Waals surface area contributed by atoms with E-state index in [1.807, 2.05) is 0 Å². The van der Waals surface area contributed by atoms with Gasteiger partial charge in [-0.1, -0.05) is 20.8 Å². The van der Waals surface area contributed by atoms with E-state index >= 15 is 0 Å². The minimum absolute atomic E-state index is 0.0557. The van der Waals surface area contributed by atoms with E-state index in [1.54, 1.807) is 20.8 Å². The third kappa shape index (κ3) is 3.36. The summed E-state index contributed by atoms with van der Waals surface area (Å²) in [5.74, 6) is -1.59. The largest absolute Gasteiger partial charge is 0.465 e. The van der Waals surface area contributed by atoms with Crippen LogP contribution < -0.4 is 0 Å². The van der Waals surface area contributed by atoms with E-state index in [4.69, 9.17) is 0 Å². The van der Waals surface area contributed by atoms with Crippen molar-refractivity contribution in [2.75, 3.05) is 14.2 Å². The molecule has 0 aliphatic heterocycles. The maximum absolute atomic E-state index is 11.8. The van der Waals surface area contributed by atoms with Gasteiger partial charge < -0.3 is 9.47 Å². The van der Waals surface area contributed by atoms with Crippen LogP contribution in [0.4, 0.5) is 5.69 Å². The number of benzene rings is 1. The lowest BCUT2D eigenvalue weighted by Crippen LogP contribution is -2.19. The molecule has 7 heteroatoms. The third-order valence-corrected chi connectivity index (χ3v) is 2.95. The third-order valence-electron chi connectivity index (χ3n) is 2.95. The molecule has 114 valence electrons. The zero-order chi connectivity index (χ0) is 16.4. The van der Waals surface area contributed by atoms with Gasteiger partial charge >= 0.3 is 11.9 Å². The lowest BCUT2D eigenvalue weighted by Gasteiger charge is -2.20. The normalized spacial score (nSPS) is 10.9. The van der Waals surface area contributed by atoms with Gasteiger partial charge in [-0.15, -0.1) is 0 Å². The van der Waals surface area contributed by atoms with Crippen LogP contribution in [-0.4, -0.2) is 31.1 Å². The van der Waals surface area contributed by atoms with Gasteiger partial charge in [0.1, 0.15) is 0 Å². The second kappa shape index (κ2) is 5.90. The second-order valence-corrected chi connectivity index (χ2v) is 5.41. The molecule has 0 saturated heterocycles. The predicted octanol–water partition coefficient (Wildman–Crippen LogP) is 2.47. The Morgan fingerprint density at radius 1 is 1.05 bits per heavy atom. The van der Waals surface area contributed by atoms with E-state index < -0.39 is 22.3 Å². The Morgan fingerprint density at radius 2 is 1.48 bits per heavy atom. The number of hydrogen-bond donors (Lipinski definition) is 0. The van der Waals surface area contributed by atoms with E-state index in [2.05, 4.69) is 9.47 Å². The molecule has 0 amide bonds. The predicted molar refractivity (Wildman–Crippen MR) is 74.5 cm³/mol. The topological polar surface area (TPSA) is 95.7 Å². The Kier molecular flexibility index (Phi) is 4.67. The molecule has 1 aromatic rings. The second-order valence-electron chi connectivity index (χ2n) is 5.41. The van der Waals surface area contributed by atoms with Crippen LogP contribution in [0, 0.1) is 10.1 Å². The van der Waals surface area contributed by atoms with Crippen molar-refractivity contribution in [1.29, 1.82) is 0 Å². The maximum atomic E-state index is 11.8. The van der Waals surface area contributed by atoms with Crippen LogP contribution >= 0.6 is 0 Å². The number of nitro benzene ring substituents is 1. The average molecular weight is 295 g/mol. The molecule has 1 rings (SSSR count). The van der Waals surface area contributed by atoms with Crippen LogP contribution in [0.25, 0.3) is 0 Å². The molecule has 21 heavy (non-hydrogen) atoms. The molecule has 0 heterocycles. The average Bonchev–Trinajstić information content (AvgIpc) is 2.42. The Balaban J connectivity index is 3.74. The zero-order valence-corrected chi connectivity index (χ0v) is 12.6. The first-order chi connectivity index (χ1) is 9.63. The molecule has 0 aliphatic rings. The van der Waals surface area contributed by atoms with Gasteiger partial charge in [-0.2, -0.15) is 0 Å². The monoisotopic (exact) mass is 295 g/mol.